The van der Waals surface area contributed by atoms with E-state index in [1.54, 1.807) is 5.48 Å². The summed E-state index contributed by atoms with van der Waals surface area (Å²) in [7, 11) is 0. The van der Waals surface area contributed by atoms with Crippen molar-refractivity contribution in [3.05, 3.63) is 0 Å². The number of rotatable bonds is 4. The van der Waals surface area contributed by atoms with Crippen molar-refractivity contribution in [2.24, 2.45) is 5.41 Å². The highest BCUT2D eigenvalue weighted by molar-refractivity contribution is 5.77. The zero-order chi connectivity index (χ0) is 10.6. The summed E-state index contributed by atoms with van der Waals surface area (Å²) in [6, 6.07) is 0. The predicted molar refractivity (Wildman–Crippen MR) is 47.7 cm³/mol. The molecule has 1 aliphatic carbocycles. The van der Waals surface area contributed by atoms with E-state index in [9.17, 15) is 9.59 Å². The van der Waals surface area contributed by atoms with Crippen LogP contribution in [0.25, 0.3) is 0 Å². The summed E-state index contributed by atoms with van der Waals surface area (Å²) in [5.41, 5.74) is 1.13. The molecule has 0 radical (unpaired) electrons. The quantitative estimate of drug-likeness (QED) is 0.466. The number of carbonyl (C=O) groups is 2. The van der Waals surface area contributed by atoms with Crippen molar-refractivity contribution in [1.29, 1.82) is 0 Å². The molecular formula is C9H15NO4. The Morgan fingerprint density at radius 1 is 1.21 bits per heavy atom. The van der Waals surface area contributed by atoms with E-state index in [-0.39, 0.29) is 12.8 Å². The van der Waals surface area contributed by atoms with Crippen LogP contribution < -0.4 is 5.48 Å². The van der Waals surface area contributed by atoms with Crippen LogP contribution in [0.15, 0.2) is 0 Å². The zero-order valence-electron chi connectivity index (χ0n) is 7.95. The fraction of sp³-hybridized carbons (Fsp3) is 0.778. The molecule has 0 bridgehead atoms. The van der Waals surface area contributed by atoms with E-state index >= 15 is 0 Å². The van der Waals surface area contributed by atoms with Crippen LogP contribution in [0.5, 0.6) is 0 Å². The Morgan fingerprint density at radius 2 is 1.79 bits per heavy atom. The standard InChI is InChI=1S/C9H15NO4/c11-7(10-14)5-9(6-8(12)13)3-1-2-4-9/h14H,1-6H2,(H,10,11)(H,12,13). The molecule has 0 spiro atoms. The Kier molecular flexibility index (Phi) is 3.46. The zero-order valence-corrected chi connectivity index (χ0v) is 7.95. The van der Waals surface area contributed by atoms with Crippen molar-refractivity contribution in [2.45, 2.75) is 38.5 Å². The van der Waals surface area contributed by atoms with E-state index in [1.807, 2.05) is 0 Å². The van der Waals surface area contributed by atoms with Gasteiger partial charge in [-0.15, -0.1) is 0 Å². The molecule has 0 aromatic rings. The van der Waals surface area contributed by atoms with Gasteiger partial charge in [0.1, 0.15) is 0 Å². The van der Waals surface area contributed by atoms with Crippen LogP contribution in [0.4, 0.5) is 0 Å². The van der Waals surface area contributed by atoms with E-state index in [0.29, 0.717) is 0 Å². The first-order chi connectivity index (χ1) is 6.58. The Hall–Kier alpha value is -1.10. The van der Waals surface area contributed by atoms with E-state index in [1.165, 1.54) is 0 Å². The van der Waals surface area contributed by atoms with Crippen LogP contribution in [0.1, 0.15) is 38.5 Å². The number of hydrogen-bond acceptors (Lipinski definition) is 3. The molecule has 1 amide bonds. The number of hydroxylamine groups is 1. The first-order valence-electron chi connectivity index (χ1n) is 4.73. The molecule has 5 heteroatoms. The molecule has 1 fully saturated rings. The second-order valence-electron chi connectivity index (χ2n) is 3.99. The predicted octanol–water partition coefficient (Wildman–Crippen LogP) is 0.917. The summed E-state index contributed by atoms with van der Waals surface area (Å²) >= 11 is 0. The Morgan fingerprint density at radius 3 is 2.21 bits per heavy atom. The van der Waals surface area contributed by atoms with Gasteiger partial charge in [0.15, 0.2) is 0 Å². The van der Waals surface area contributed by atoms with Crippen molar-refractivity contribution in [1.82, 2.24) is 5.48 Å². The van der Waals surface area contributed by atoms with E-state index in [4.69, 9.17) is 10.3 Å². The first kappa shape index (κ1) is 11.0. The third-order valence-corrected chi connectivity index (χ3v) is 2.85. The van der Waals surface area contributed by atoms with Crippen molar-refractivity contribution in [2.75, 3.05) is 0 Å². The molecule has 0 aliphatic heterocycles. The van der Waals surface area contributed by atoms with Gasteiger partial charge < -0.3 is 5.11 Å². The fourth-order valence-electron chi connectivity index (χ4n) is 2.24. The lowest BCUT2D eigenvalue weighted by Crippen LogP contribution is -2.30. The van der Waals surface area contributed by atoms with E-state index in [2.05, 4.69) is 0 Å². The highest BCUT2D eigenvalue weighted by Crippen LogP contribution is 2.43. The summed E-state index contributed by atoms with van der Waals surface area (Å²) in [6.45, 7) is 0. The third-order valence-electron chi connectivity index (χ3n) is 2.85. The van der Waals surface area contributed by atoms with Gasteiger partial charge in [-0.2, -0.15) is 0 Å². The molecule has 5 nitrogen and oxygen atoms in total. The SMILES string of the molecule is O=C(O)CC1(CC(=O)NO)CCCC1. The Labute approximate surface area is 82.1 Å². The minimum absolute atomic E-state index is 0.0143. The number of hydrogen-bond donors (Lipinski definition) is 3. The first-order valence-corrected chi connectivity index (χ1v) is 4.73. The topological polar surface area (TPSA) is 86.6 Å². The average Bonchev–Trinajstić information content (AvgIpc) is 2.51. The number of carbonyl (C=O) groups excluding carboxylic acids is 1. The minimum atomic E-state index is -0.877. The molecule has 1 saturated carbocycles. The maximum atomic E-state index is 11.0. The number of aliphatic carboxylic acids is 1. The Balaban J connectivity index is 2.61. The van der Waals surface area contributed by atoms with Crippen molar-refractivity contribution < 1.29 is 19.9 Å². The molecule has 1 aliphatic rings. The lowest BCUT2D eigenvalue weighted by molar-refractivity contribution is -0.141. The molecular weight excluding hydrogens is 186 g/mol. The molecule has 0 unspecified atom stereocenters. The smallest absolute Gasteiger partial charge is 0.303 e. The van der Waals surface area contributed by atoms with E-state index in [0.717, 1.165) is 25.7 Å². The lowest BCUT2D eigenvalue weighted by atomic mass is 9.79. The van der Waals surface area contributed by atoms with Crippen LogP contribution >= 0.6 is 0 Å². The Bertz CT molecular complexity index is 233. The van der Waals surface area contributed by atoms with Gasteiger partial charge in [-0.25, -0.2) is 5.48 Å². The average molecular weight is 201 g/mol. The summed E-state index contributed by atoms with van der Waals surface area (Å²) < 4.78 is 0. The second-order valence-corrected chi connectivity index (χ2v) is 3.99. The van der Waals surface area contributed by atoms with Crippen molar-refractivity contribution in [3.8, 4) is 0 Å². The van der Waals surface area contributed by atoms with Crippen LogP contribution in [-0.4, -0.2) is 22.2 Å². The maximum Gasteiger partial charge on any atom is 0.303 e. The largest absolute Gasteiger partial charge is 0.481 e. The van der Waals surface area contributed by atoms with Gasteiger partial charge >= 0.3 is 5.97 Å². The van der Waals surface area contributed by atoms with Gasteiger partial charge in [0.05, 0.1) is 6.42 Å². The molecule has 14 heavy (non-hydrogen) atoms. The van der Waals surface area contributed by atoms with Gasteiger partial charge in [-0.05, 0) is 18.3 Å². The molecule has 0 heterocycles. The van der Waals surface area contributed by atoms with Crippen LogP contribution in [0.2, 0.25) is 0 Å². The van der Waals surface area contributed by atoms with Crippen molar-refractivity contribution in [3.63, 3.8) is 0 Å². The summed E-state index contributed by atoms with van der Waals surface area (Å²) in [4.78, 5) is 21.6. The molecule has 1 rings (SSSR count). The van der Waals surface area contributed by atoms with Crippen LogP contribution in [-0.2, 0) is 9.59 Å². The molecule has 80 valence electrons. The van der Waals surface area contributed by atoms with E-state index < -0.39 is 17.3 Å². The number of nitrogens with one attached hydrogen (secondary N) is 1. The third kappa shape index (κ3) is 2.70. The summed E-state index contributed by atoms with van der Waals surface area (Å²) in [5.74, 6) is -1.37. The van der Waals surface area contributed by atoms with Crippen LogP contribution in [0.3, 0.4) is 0 Å². The number of carboxylic acid groups (broad SMARTS) is 1. The number of carboxylic acids is 1. The molecule has 3 N–H and O–H groups in total. The second kappa shape index (κ2) is 4.41. The molecule has 0 aromatic heterocycles. The minimum Gasteiger partial charge on any atom is -0.481 e. The highest BCUT2D eigenvalue weighted by atomic mass is 16.5. The van der Waals surface area contributed by atoms with Gasteiger partial charge in [-0.1, -0.05) is 12.8 Å². The molecule has 0 saturated heterocycles. The van der Waals surface area contributed by atoms with Gasteiger partial charge in [-0.3, -0.25) is 14.8 Å². The number of amides is 1. The normalized spacial score (nSPS) is 19.2. The fourth-order valence-corrected chi connectivity index (χ4v) is 2.24. The monoisotopic (exact) mass is 201 g/mol. The summed E-state index contributed by atoms with van der Waals surface area (Å²) in [5, 5.41) is 17.1. The van der Waals surface area contributed by atoms with Gasteiger partial charge in [0.25, 0.3) is 0 Å². The molecule has 0 atom stereocenters. The summed E-state index contributed by atoms with van der Waals surface area (Å²) in [6.07, 6.45) is 3.56. The van der Waals surface area contributed by atoms with Crippen molar-refractivity contribution >= 4 is 11.9 Å². The lowest BCUT2D eigenvalue weighted by Gasteiger charge is -2.25. The highest BCUT2D eigenvalue weighted by Gasteiger charge is 2.37. The molecule has 0 aromatic carbocycles. The maximum absolute atomic E-state index is 11.0. The van der Waals surface area contributed by atoms with Gasteiger partial charge in [0.2, 0.25) is 5.91 Å². The van der Waals surface area contributed by atoms with Crippen LogP contribution in [0, 0.1) is 5.41 Å². The van der Waals surface area contributed by atoms with Gasteiger partial charge in [0, 0.05) is 6.42 Å².